The number of benzene rings is 2. The van der Waals surface area contributed by atoms with E-state index >= 15 is 0 Å². The lowest BCUT2D eigenvalue weighted by atomic mass is 10.0. The summed E-state index contributed by atoms with van der Waals surface area (Å²) < 4.78 is 8.29. The van der Waals surface area contributed by atoms with Crippen LogP contribution in [0.2, 0.25) is 0 Å². The summed E-state index contributed by atoms with van der Waals surface area (Å²) in [7, 11) is 0. The lowest BCUT2D eigenvalue weighted by Gasteiger charge is -2.16. The Hall–Kier alpha value is -3.39. The molecule has 0 aliphatic rings. The van der Waals surface area contributed by atoms with E-state index in [1.807, 2.05) is 49.4 Å². The zero-order valence-corrected chi connectivity index (χ0v) is 15.9. The van der Waals surface area contributed by atoms with Gasteiger partial charge in [-0.2, -0.15) is 8.75 Å². The SMILES string of the molecule is Cc1cccc(-c2nsnc2C(=O)NC(Cc2ccccc2)C(=O)C(N)=O)c1. The first-order valence-electron chi connectivity index (χ1n) is 8.53. The topological polar surface area (TPSA) is 115 Å². The third-order valence-corrected chi connectivity index (χ3v) is 4.67. The van der Waals surface area contributed by atoms with Gasteiger partial charge in [0.1, 0.15) is 11.7 Å². The van der Waals surface area contributed by atoms with Crippen molar-refractivity contribution in [3.8, 4) is 11.3 Å². The summed E-state index contributed by atoms with van der Waals surface area (Å²) in [5.41, 5.74) is 8.24. The largest absolute Gasteiger partial charge is 0.363 e. The molecule has 1 heterocycles. The van der Waals surface area contributed by atoms with E-state index in [0.717, 1.165) is 28.4 Å². The fraction of sp³-hybridized carbons (Fsp3) is 0.150. The maximum Gasteiger partial charge on any atom is 0.287 e. The minimum atomic E-state index is -1.10. The molecule has 3 rings (SSSR count). The van der Waals surface area contributed by atoms with Crippen LogP contribution >= 0.6 is 11.7 Å². The van der Waals surface area contributed by atoms with Crippen LogP contribution in [0.15, 0.2) is 54.6 Å². The number of primary amides is 1. The molecule has 1 aromatic heterocycles. The standard InChI is InChI=1S/C20H18N4O3S/c1-12-6-5-9-14(10-12)16-17(24-28-23-16)20(27)22-15(18(25)19(21)26)11-13-7-3-2-4-8-13/h2-10,15H,11H2,1H3,(H2,21,26)(H,22,27). The number of ketones is 1. The Balaban J connectivity index is 1.86. The van der Waals surface area contributed by atoms with Gasteiger partial charge in [0.05, 0.1) is 11.7 Å². The van der Waals surface area contributed by atoms with Gasteiger partial charge in [0.2, 0.25) is 5.78 Å². The zero-order valence-electron chi connectivity index (χ0n) is 15.1. The fourth-order valence-corrected chi connectivity index (χ4v) is 3.34. The lowest BCUT2D eigenvalue weighted by molar-refractivity contribution is -0.137. The van der Waals surface area contributed by atoms with Crippen molar-refractivity contribution < 1.29 is 14.4 Å². The van der Waals surface area contributed by atoms with E-state index in [1.165, 1.54) is 0 Å². The number of rotatable bonds is 7. The van der Waals surface area contributed by atoms with Crippen LogP contribution in [0.5, 0.6) is 0 Å². The Labute approximate surface area is 165 Å². The van der Waals surface area contributed by atoms with Crippen molar-refractivity contribution in [3.63, 3.8) is 0 Å². The smallest absolute Gasteiger partial charge is 0.287 e. The molecule has 0 spiro atoms. The number of hydrogen-bond acceptors (Lipinski definition) is 6. The van der Waals surface area contributed by atoms with E-state index in [0.29, 0.717) is 5.69 Å². The Bertz CT molecular complexity index is 1020. The Morgan fingerprint density at radius 2 is 1.82 bits per heavy atom. The van der Waals surface area contributed by atoms with Crippen LogP contribution in [-0.4, -0.2) is 32.4 Å². The Kier molecular flexibility index (Phi) is 5.90. The van der Waals surface area contributed by atoms with Crippen molar-refractivity contribution in [2.75, 3.05) is 0 Å². The number of hydrogen-bond donors (Lipinski definition) is 2. The molecule has 0 aliphatic heterocycles. The maximum absolute atomic E-state index is 12.8. The van der Waals surface area contributed by atoms with E-state index < -0.39 is 23.6 Å². The van der Waals surface area contributed by atoms with Crippen LogP contribution in [0.1, 0.15) is 21.6 Å². The molecule has 1 unspecified atom stereocenters. The summed E-state index contributed by atoms with van der Waals surface area (Å²) in [6.07, 6.45) is 0.145. The molecule has 0 fully saturated rings. The van der Waals surface area contributed by atoms with E-state index in [-0.39, 0.29) is 12.1 Å². The third kappa shape index (κ3) is 4.47. The van der Waals surface area contributed by atoms with Crippen LogP contribution in [-0.2, 0) is 16.0 Å². The van der Waals surface area contributed by atoms with Gasteiger partial charge >= 0.3 is 0 Å². The summed E-state index contributed by atoms with van der Waals surface area (Å²) in [6.45, 7) is 1.93. The number of amides is 2. The number of carbonyl (C=O) groups excluding carboxylic acids is 3. The van der Waals surface area contributed by atoms with Gasteiger partial charge in [-0.05, 0) is 18.6 Å². The molecule has 3 aromatic rings. The number of nitrogens with zero attached hydrogens (tertiary/aromatic N) is 2. The summed E-state index contributed by atoms with van der Waals surface area (Å²) in [5.74, 6) is -2.55. The predicted octanol–water partition coefficient (Wildman–Crippen LogP) is 1.91. The highest BCUT2D eigenvalue weighted by molar-refractivity contribution is 6.99. The van der Waals surface area contributed by atoms with Gasteiger partial charge < -0.3 is 11.1 Å². The van der Waals surface area contributed by atoms with Crippen LogP contribution in [0.4, 0.5) is 0 Å². The summed E-state index contributed by atoms with van der Waals surface area (Å²) in [5, 5.41) is 2.59. The van der Waals surface area contributed by atoms with Crippen molar-refractivity contribution in [3.05, 3.63) is 71.4 Å². The first kappa shape index (κ1) is 19.4. The molecule has 7 nitrogen and oxygen atoms in total. The van der Waals surface area contributed by atoms with Gasteiger partial charge in [0, 0.05) is 12.0 Å². The molecule has 2 aromatic carbocycles. The molecule has 0 radical (unpaired) electrons. The van der Waals surface area contributed by atoms with Gasteiger partial charge in [-0.15, -0.1) is 0 Å². The average molecular weight is 394 g/mol. The van der Waals surface area contributed by atoms with Gasteiger partial charge in [0.15, 0.2) is 5.69 Å². The number of nitrogens with two attached hydrogens (primary N) is 1. The van der Waals surface area contributed by atoms with Crippen LogP contribution < -0.4 is 11.1 Å². The van der Waals surface area contributed by atoms with Gasteiger partial charge in [0.25, 0.3) is 11.8 Å². The highest BCUT2D eigenvalue weighted by Gasteiger charge is 2.28. The number of nitrogens with one attached hydrogen (secondary N) is 1. The van der Waals surface area contributed by atoms with Crippen molar-refractivity contribution in [2.24, 2.45) is 5.73 Å². The quantitative estimate of drug-likeness (QED) is 0.594. The second-order valence-electron chi connectivity index (χ2n) is 6.28. The molecule has 3 N–H and O–H groups in total. The summed E-state index contributed by atoms with van der Waals surface area (Å²) in [4.78, 5) is 36.5. The maximum atomic E-state index is 12.8. The normalized spacial score (nSPS) is 11.6. The number of aromatic nitrogens is 2. The highest BCUT2D eigenvalue weighted by Crippen LogP contribution is 2.23. The van der Waals surface area contributed by atoms with Crippen molar-refractivity contribution >= 4 is 29.3 Å². The van der Waals surface area contributed by atoms with Crippen molar-refractivity contribution in [1.82, 2.24) is 14.1 Å². The molecule has 0 saturated carbocycles. The first-order valence-corrected chi connectivity index (χ1v) is 9.26. The Morgan fingerprint density at radius 1 is 1.07 bits per heavy atom. The highest BCUT2D eigenvalue weighted by atomic mass is 32.1. The van der Waals surface area contributed by atoms with Crippen LogP contribution in [0, 0.1) is 6.92 Å². The second kappa shape index (κ2) is 8.53. The monoisotopic (exact) mass is 394 g/mol. The van der Waals surface area contributed by atoms with E-state index in [4.69, 9.17) is 5.73 Å². The number of aryl methyl sites for hydroxylation is 1. The zero-order chi connectivity index (χ0) is 20.1. The summed E-state index contributed by atoms with van der Waals surface area (Å²) in [6, 6.07) is 15.5. The van der Waals surface area contributed by atoms with Crippen molar-refractivity contribution in [2.45, 2.75) is 19.4 Å². The van der Waals surface area contributed by atoms with Crippen molar-refractivity contribution in [1.29, 1.82) is 0 Å². The minimum Gasteiger partial charge on any atom is -0.363 e. The molecule has 1 atom stereocenters. The molecule has 142 valence electrons. The average Bonchev–Trinajstić information content (AvgIpc) is 3.17. The van der Waals surface area contributed by atoms with E-state index in [2.05, 4.69) is 14.1 Å². The van der Waals surface area contributed by atoms with Gasteiger partial charge in [-0.3, -0.25) is 14.4 Å². The Morgan fingerprint density at radius 3 is 2.50 bits per heavy atom. The first-order chi connectivity index (χ1) is 13.5. The minimum absolute atomic E-state index is 0.103. The molecule has 2 amide bonds. The molecular weight excluding hydrogens is 376 g/mol. The predicted molar refractivity (Wildman–Crippen MR) is 106 cm³/mol. The third-order valence-electron chi connectivity index (χ3n) is 4.14. The molecule has 8 heteroatoms. The molecule has 0 bridgehead atoms. The fourth-order valence-electron chi connectivity index (χ4n) is 2.78. The summed E-state index contributed by atoms with van der Waals surface area (Å²) >= 11 is 0.904. The van der Waals surface area contributed by atoms with Gasteiger partial charge in [-0.25, -0.2) is 0 Å². The van der Waals surface area contributed by atoms with E-state index in [1.54, 1.807) is 12.1 Å². The van der Waals surface area contributed by atoms with Crippen LogP contribution in [0.25, 0.3) is 11.3 Å². The molecule has 28 heavy (non-hydrogen) atoms. The molecule has 0 aliphatic carbocycles. The van der Waals surface area contributed by atoms with Gasteiger partial charge in [-0.1, -0.05) is 54.1 Å². The number of Topliss-reactive ketones (excluding diaryl/α,β-unsaturated/α-hetero) is 1. The second-order valence-corrected chi connectivity index (χ2v) is 6.80. The lowest BCUT2D eigenvalue weighted by Crippen LogP contribution is -2.47. The van der Waals surface area contributed by atoms with E-state index in [9.17, 15) is 14.4 Å². The molecule has 0 saturated heterocycles. The molecular formula is C20H18N4O3S. The van der Waals surface area contributed by atoms with Crippen LogP contribution in [0.3, 0.4) is 0 Å². The number of carbonyl (C=O) groups is 3.